The summed E-state index contributed by atoms with van der Waals surface area (Å²) >= 11 is 2.20. The molecule has 0 aliphatic rings. The predicted octanol–water partition coefficient (Wildman–Crippen LogP) is 1.62. The maximum Gasteiger partial charge on any atom is 0.276 e. The van der Waals surface area contributed by atoms with Crippen LogP contribution in [0.4, 0.5) is 11.5 Å². The lowest BCUT2D eigenvalue weighted by atomic mass is 10.3. The van der Waals surface area contributed by atoms with E-state index in [1.165, 1.54) is 0 Å². The van der Waals surface area contributed by atoms with Crippen molar-refractivity contribution in [1.29, 1.82) is 0 Å². The van der Waals surface area contributed by atoms with Crippen LogP contribution >= 0.6 is 22.6 Å². The third kappa shape index (κ3) is 3.14. The summed E-state index contributed by atoms with van der Waals surface area (Å²) in [7, 11) is 0. The van der Waals surface area contributed by atoms with Gasteiger partial charge in [-0.25, -0.2) is 5.84 Å². The van der Waals surface area contributed by atoms with E-state index in [9.17, 15) is 4.79 Å². The highest BCUT2D eigenvalue weighted by molar-refractivity contribution is 14.1. The van der Waals surface area contributed by atoms with Gasteiger partial charge in [-0.15, -0.1) is 10.2 Å². The first-order valence-corrected chi connectivity index (χ1v) is 6.14. The number of carbonyl (C=O) groups is 1. The Morgan fingerprint density at radius 3 is 2.39 bits per heavy atom. The van der Waals surface area contributed by atoms with Crippen LogP contribution in [0.25, 0.3) is 0 Å². The zero-order chi connectivity index (χ0) is 13.0. The van der Waals surface area contributed by atoms with Crippen molar-refractivity contribution in [2.45, 2.75) is 0 Å². The van der Waals surface area contributed by atoms with Crippen molar-refractivity contribution in [3.05, 3.63) is 45.7 Å². The van der Waals surface area contributed by atoms with Crippen LogP contribution in [0.5, 0.6) is 0 Å². The summed E-state index contributed by atoms with van der Waals surface area (Å²) in [5, 5.41) is 10.2. The fraction of sp³-hybridized carbons (Fsp3) is 0. The number of nitrogens with zero attached hydrogens (tertiary/aromatic N) is 2. The van der Waals surface area contributed by atoms with Crippen molar-refractivity contribution in [2.24, 2.45) is 5.84 Å². The summed E-state index contributed by atoms with van der Waals surface area (Å²) in [6.45, 7) is 0. The molecule has 0 saturated carbocycles. The molecule has 7 heteroatoms. The van der Waals surface area contributed by atoms with Crippen LogP contribution in [0.2, 0.25) is 0 Å². The molecule has 1 aromatic carbocycles. The van der Waals surface area contributed by atoms with E-state index in [-0.39, 0.29) is 11.6 Å². The lowest BCUT2D eigenvalue weighted by Crippen LogP contribution is -2.16. The fourth-order valence-electron chi connectivity index (χ4n) is 1.26. The molecule has 0 spiro atoms. The van der Waals surface area contributed by atoms with Gasteiger partial charge >= 0.3 is 0 Å². The lowest BCUT2D eigenvalue weighted by molar-refractivity contribution is 0.102. The van der Waals surface area contributed by atoms with E-state index in [4.69, 9.17) is 5.84 Å². The Labute approximate surface area is 117 Å². The topological polar surface area (TPSA) is 92.9 Å². The van der Waals surface area contributed by atoms with E-state index in [1.807, 2.05) is 24.3 Å². The van der Waals surface area contributed by atoms with Gasteiger partial charge in [0, 0.05) is 9.26 Å². The van der Waals surface area contributed by atoms with Gasteiger partial charge in [-0.1, -0.05) is 0 Å². The Kier molecular flexibility index (Phi) is 4.05. The SMILES string of the molecule is NNc1ccc(C(=O)Nc2ccc(I)cc2)nn1. The summed E-state index contributed by atoms with van der Waals surface area (Å²) in [6.07, 6.45) is 0. The number of halogens is 1. The first kappa shape index (κ1) is 12.7. The van der Waals surface area contributed by atoms with Crippen molar-refractivity contribution in [3.63, 3.8) is 0 Å². The van der Waals surface area contributed by atoms with Crippen LogP contribution < -0.4 is 16.6 Å². The van der Waals surface area contributed by atoms with Gasteiger partial charge in [-0.05, 0) is 59.0 Å². The molecule has 6 nitrogen and oxygen atoms in total. The number of rotatable bonds is 3. The molecule has 2 aromatic rings. The number of aromatic nitrogens is 2. The molecule has 0 fully saturated rings. The molecule has 0 atom stereocenters. The summed E-state index contributed by atoms with van der Waals surface area (Å²) in [6, 6.07) is 10.6. The number of hydrogen-bond acceptors (Lipinski definition) is 5. The average molecular weight is 355 g/mol. The molecule has 0 saturated heterocycles. The molecular weight excluding hydrogens is 345 g/mol. The molecule has 0 aliphatic heterocycles. The number of anilines is 2. The molecule has 0 radical (unpaired) electrons. The smallest absolute Gasteiger partial charge is 0.276 e. The fourth-order valence-corrected chi connectivity index (χ4v) is 1.62. The largest absolute Gasteiger partial charge is 0.321 e. The van der Waals surface area contributed by atoms with Gasteiger partial charge in [0.15, 0.2) is 11.5 Å². The number of hydrazine groups is 1. The maximum atomic E-state index is 11.8. The van der Waals surface area contributed by atoms with E-state index in [0.717, 1.165) is 3.57 Å². The second-order valence-corrected chi connectivity index (χ2v) is 4.65. The number of amides is 1. The summed E-state index contributed by atoms with van der Waals surface area (Å²) < 4.78 is 1.10. The molecular formula is C11H10IN5O. The highest BCUT2D eigenvalue weighted by atomic mass is 127. The van der Waals surface area contributed by atoms with Gasteiger partial charge in [0.25, 0.3) is 5.91 Å². The van der Waals surface area contributed by atoms with Gasteiger partial charge in [0.1, 0.15) is 0 Å². The molecule has 92 valence electrons. The summed E-state index contributed by atoms with van der Waals surface area (Å²) in [5.41, 5.74) is 3.28. The van der Waals surface area contributed by atoms with E-state index >= 15 is 0 Å². The second kappa shape index (κ2) is 5.74. The number of benzene rings is 1. The minimum absolute atomic E-state index is 0.229. The van der Waals surface area contributed by atoms with Crippen LogP contribution in [0, 0.1) is 3.57 Å². The minimum atomic E-state index is -0.313. The lowest BCUT2D eigenvalue weighted by Gasteiger charge is -2.04. The number of nitrogens with two attached hydrogens (primary N) is 1. The van der Waals surface area contributed by atoms with Crippen LogP contribution in [-0.2, 0) is 0 Å². The van der Waals surface area contributed by atoms with Crippen molar-refractivity contribution in [3.8, 4) is 0 Å². The number of carbonyl (C=O) groups excluding carboxylic acids is 1. The Morgan fingerprint density at radius 2 is 1.83 bits per heavy atom. The van der Waals surface area contributed by atoms with E-state index in [0.29, 0.717) is 11.5 Å². The Bertz CT molecular complexity index is 540. The molecule has 0 aliphatic carbocycles. The highest BCUT2D eigenvalue weighted by Gasteiger charge is 2.08. The van der Waals surface area contributed by atoms with Gasteiger partial charge < -0.3 is 10.7 Å². The monoisotopic (exact) mass is 355 g/mol. The molecule has 2 rings (SSSR count). The number of nitrogens with one attached hydrogen (secondary N) is 2. The molecule has 0 unspecified atom stereocenters. The Balaban J connectivity index is 2.09. The predicted molar refractivity (Wildman–Crippen MR) is 77.0 cm³/mol. The van der Waals surface area contributed by atoms with Gasteiger partial charge in [0.05, 0.1) is 0 Å². The maximum absolute atomic E-state index is 11.8. The molecule has 1 aromatic heterocycles. The van der Waals surface area contributed by atoms with Crippen LogP contribution in [0.1, 0.15) is 10.5 Å². The standard InChI is InChI=1S/C11H10IN5O/c12-7-1-3-8(4-2-7)14-11(18)9-5-6-10(15-13)17-16-9/h1-6H,13H2,(H,14,18)(H,15,17). The van der Waals surface area contributed by atoms with Crippen molar-refractivity contribution in [2.75, 3.05) is 10.7 Å². The summed E-state index contributed by atoms with van der Waals surface area (Å²) in [5.74, 6) is 5.25. The van der Waals surface area contributed by atoms with Gasteiger partial charge in [-0.3, -0.25) is 4.79 Å². The van der Waals surface area contributed by atoms with Crippen LogP contribution in [0.3, 0.4) is 0 Å². The molecule has 18 heavy (non-hydrogen) atoms. The van der Waals surface area contributed by atoms with E-state index in [1.54, 1.807) is 12.1 Å². The number of nitrogen functional groups attached to an aromatic ring is 1. The number of hydrogen-bond donors (Lipinski definition) is 3. The van der Waals surface area contributed by atoms with Crippen molar-refractivity contribution in [1.82, 2.24) is 10.2 Å². The Hall–Kier alpha value is -1.74. The highest BCUT2D eigenvalue weighted by Crippen LogP contribution is 2.12. The third-order valence-corrected chi connectivity index (χ3v) is 2.87. The zero-order valence-electron chi connectivity index (χ0n) is 9.22. The Morgan fingerprint density at radius 1 is 1.11 bits per heavy atom. The normalized spacial score (nSPS) is 9.89. The third-order valence-electron chi connectivity index (χ3n) is 2.15. The van der Waals surface area contributed by atoms with Crippen molar-refractivity contribution >= 4 is 40.0 Å². The van der Waals surface area contributed by atoms with E-state index in [2.05, 4.69) is 43.5 Å². The van der Waals surface area contributed by atoms with Gasteiger partial charge in [-0.2, -0.15) is 0 Å². The first-order chi connectivity index (χ1) is 8.69. The second-order valence-electron chi connectivity index (χ2n) is 3.41. The van der Waals surface area contributed by atoms with E-state index < -0.39 is 0 Å². The quantitative estimate of drug-likeness (QED) is 0.442. The van der Waals surface area contributed by atoms with Gasteiger partial charge in [0.2, 0.25) is 0 Å². The first-order valence-electron chi connectivity index (χ1n) is 5.06. The van der Waals surface area contributed by atoms with Crippen LogP contribution in [0.15, 0.2) is 36.4 Å². The average Bonchev–Trinajstić information content (AvgIpc) is 2.41. The minimum Gasteiger partial charge on any atom is -0.321 e. The van der Waals surface area contributed by atoms with Crippen LogP contribution in [-0.4, -0.2) is 16.1 Å². The molecule has 1 amide bonds. The summed E-state index contributed by atoms with van der Waals surface area (Å²) in [4.78, 5) is 11.8. The van der Waals surface area contributed by atoms with Crippen molar-refractivity contribution < 1.29 is 4.79 Å². The molecule has 4 N–H and O–H groups in total. The molecule has 1 heterocycles. The molecule has 0 bridgehead atoms. The zero-order valence-corrected chi connectivity index (χ0v) is 11.4.